The molecule has 0 bridgehead atoms. The summed E-state index contributed by atoms with van der Waals surface area (Å²) in [6.45, 7) is 6.23. The van der Waals surface area contributed by atoms with Crippen LogP contribution in [0.3, 0.4) is 0 Å². The molecule has 4 unspecified atom stereocenters. The molecule has 0 aliphatic heterocycles. The lowest BCUT2D eigenvalue weighted by Gasteiger charge is -2.39. The van der Waals surface area contributed by atoms with Crippen LogP contribution in [0.5, 0.6) is 0 Å². The Hall–Kier alpha value is -0.0900. The second-order valence-electron chi connectivity index (χ2n) is 5.28. The van der Waals surface area contributed by atoms with Crippen LogP contribution >= 0.6 is 0 Å². The van der Waals surface area contributed by atoms with Crippen LogP contribution < -0.4 is 5.32 Å². The third kappa shape index (κ3) is 2.98. The van der Waals surface area contributed by atoms with E-state index in [4.69, 9.17) is 0 Å². The third-order valence-corrected chi connectivity index (χ3v) is 6.26. The van der Waals surface area contributed by atoms with Crippen LogP contribution in [0.25, 0.3) is 0 Å². The van der Waals surface area contributed by atoms with Gasteiger partial charge in [-0.2, -0.15) is 0 Å². The molecule has 0 spiro atoms. The second kappa shape index (κ2) is 5.50. The molecule has 1 rings (SSSR count). The molecule has 96 valence electrons. The number of rotatable bonds is 4. The first-order valence-electron chi connectivity index (χ1n) is 6.31. The molecule has 4 atom stereocenters. The highest BCUT2D eigenvalue weighted by Gasteiger charge is 2.40. The van der Waals surface area contributed by atoms with Gasteiger partial charge in [0.15, 0.2) is 9.84 Å². The minimum Gasteiger partial charge on any atom is -0.316 e. The zero-order valence-corrected chi connectivity index (χ0v) is 11.7. The van der Waals surface area contributed by atoms with Crippen molar-refractivity contribution in [2.24, 2.45) is 11.8 Å². The van der Waals surface area contributed by atoms with Crippen LogP contribution in [-0.4, -0.2) is 32.5 Å². The summed E-state index contributed by atoms with van der Waals surface area (Å²) in [6, 6.07) is 0.135. The molecule has 0 aromatic carbocycles. The predicted molar refractivity (Wildman–Crippen MR) is 68.3 cm³/mol. The summed E-state index contributed by atoms with van der Waals surface area (Å²) in [5.74, 6) is 1.23. The zero-order chi connectivity index (χ0) is 12.3. The molecule has 1 fully saturated rings. The van der Waals surface area contributed by atoms with Crippen molar-refractivity contribution in [3.05, 3.63) is 0 Å². The molecule has 0 saturated heterocycles. The fourth-order valence-corrected chi connectivity index (χ4v) is 5.54. The van der Waals surface area contributed by atoms with Crippen molar-refractivity contribution in [1.82, 2.24) is 5.32 Å². The summed E-state index contributed by atoms with van der Waals surface area (Å²) >= 11 is 0. The van der Waals surface area contributed by atoms with Crippen LogP contribution in [0.2, 0.25) is 0 Å². The molecule has 4 heteroatoms. The maximum Gasteiger partial charge on any atom is 0.154 e. The third-order valence-electron chi connectivity index (χ3n) is 3.66. The van der Waals surface area contributed by atoms with Crippen molar-refractivity contribution in [3.63, 3.8) is 0 Å². The maximum atomic E-state index is 12.2. The molecule has 1 aliphatic rings. The van der Waals surface area contributed by atoms with Gasteiger partial charge in [-0.1, -0.05) is 20.8 Å². The first kappa shape index (κ1) is 14.0. The van der Waals surface area contributed by atoms with Gasteiger partial charge in [0.25, 0.3) is 0 Å². The summed E-state index contributed by atoms with van der Waals surface area (Å²) in [4.78, 5) is 0. The van der Waals surface area contributed by atoms with Gasteiger partial charge < -0.3 is 5.32 Å². The van der Waals surface area contributed by atoms with Crippen molar-refractivity contribution in [3.8, 4) is 0 Å². The monoisotopic (exact) mass is 247 g/mol. The van der Waals surface area contributed by atoms with Gasteiger partial charge in [-0.25, -0.2) is 8.42 Å². The molecule has 0 amide bonds. The van der Waals surface area contributed by atoms with E-state index in [9.17, 15) is 8.42 Å². The summed E-state index contributed by atoms with van der Waals surface area (Å²) in [5, 5.41) is 3.01. The van der Waals surface area contributed by atoms with Gasteiger partial charge in [0.05, 0.1) is 11.0 Å². The normalized spacial score (nSPS) is 36.2. The summed E-state index contributed by atoms with van der Waals surface area (Å²) in [6.07, 6.45) is 2.73. The molecular weight excluding hydrogens is 222 g/mol. The average molecular weight is 247 g/mol. The maximum absolute atomic E-state index is 12.2. The standard InChI is InChI=1S/C12H25NO2S/c1-5-6-16(14,15)12-10(3)7-9(2)8-11(12)13-4/h9-13H,5-8H2,1-4H3. The van der Waals surface area contributed by atoms with Crippen LogP contribution in [0.1, 0.15) is 40.0 Å². The van der Waals surface area contributed by atoms with Crippen molar-refractivity contribution in [2.75, 3.05) is 12.8 Å². The van der Waals surface area contributed by atoms with Crippen molar-refractivity contribution in [1.29, 1.82) is 0 Å². The van der Waals surface area contributed by atoms with Crippen molar-refractivity contribution in [2.45, 2.75) is 51.3 Å². The molecule has 0 heterocycles. The van der Waals surface area contributed by atoms with Gasteiger partial charge in [-0.15, -0.1) is 0 Å². The number of nitrogens with one attached hydrogen (secondary N) is 1. The molecule has 0 aromatic heterocycles. The number of hydrogen-bond acceptors (Lipinski definition) is 3. The van der Waals surface area contributed by atoms with Gasteiger partial charge in [0, 0.05) is 6.04 Å². The Kier molecular flexibility index (Phi) is 4.80. The first-order valence-corrected chi connectivity index (χ1v) is 8.02. The summed E-state index contributed by atoms with van der Waals surface area (Å²) in [5.41, 5.74) is 0. The average Bonchev–Trinajstić information content (AvgIpc) is 2.15. The quantitative estimate of drug-likeness (QED) is 0.824. The summed E-state index contributed by atoms with van der Waals surface area (Å²) in [7, 11) is -1.05. The molecule has 3 nitrogen and oxygen atoms in total. The minimum absolute atomic E-state index is 0.135. The van der Waals surface area contributed by atoms with E-state index in [0.717, 1.165) is 19.3 Å². The topological polar surface area (TPSA) is 46.2 Å². The number of hydrogen-bond donors (Lipinski definition) is 1. The van der Waals surface area contributed by atoms with Crippen LogP contribution in [0.15, 0.2) is 0 Å². The van der Waals surface area contributed by atoms with Gasteiger partial charge in [-0.3, -0.25) is 0 Å². The molecule has 1 N–H and O–H groups in total. The molecule has 0 radical (unpaired) electrons. The molecule has 1 aliphatic carbocycles. The van der Waals surface area contributed by atoms with E-state index in [1.807, 2.05) is 14.0 Å². The van der Waals surface area contributed by atoms with Crippen molar-refractivity contribution < 1.29 is 8.42 Å². The Morgan fingerprint density at radius 2 is 1.88 bits per heavy atom. The minimum atomic E-state index is -2.93. The van der Waals surface area contributed by atoms with E-state index < -0.39 is 9.84 Å². The Morgan fingerprint density at radius 1 is 1.25 bits per heavy atom. The van der Waals surface area contributed by atoms with E-state index >= 15 is 0 Å². The highest BCUT2D eigenvalue weighted by atomic mass is 32.2. The molecule has 1 saturated carbocycles. The fraction of sp³-hybridized carbons (Fsp3) is 1.00. The highest BCUT2D eigenvalue weighted by molar-refractivity contribution is 7.92. The second-order valence-corrected chi connectivity index (χ2v) is 7.56. The number of sulfone groups is 1. The van der Waals surface area contributed by atoms with Gasteiger partial charge >= 0.3 is 0 Å². The molecule has 16 heavy (non-hydrogen) atoms. The Labute approximate surface area is 99.9 Å². The van der Waals surface area contributed by atoms with E-state index in [2.05, 4.69) is 19.2 Å². The van der Waals surface area contributed by atoms with Crippen LogP contribution in [0.4, 0.5) is 0 Å². The predicted octanol–water partition coefficient (Wildman–Crippen LogP) is 1.83. The zero-order valence-electron chi connectivity index (χ0n) is 10.9. The highest BCUT2D eigenvalue weighted by Crippen LogP contribution is 2.33. The summed E-state index contributed by atoms with van der Waals surface area (Å²) < 4.78 is 24.5. The van der Waals surface area contributed by atoms with E-state index in [1.54, 1.807) is 0 Å². The SMILES string of the molecule is CCCS(=O)(=O)C1C(C)CC(C)CC1NC. The van der Waals surface area contributed by atoms with Crippen molar-refractivity contribution >= 4 is 9.84 Å². The van der Waals surface area contributed by atoms with Gasteiger partial charge in [0.2, 0.25) is 0 Å². The first-order chi connectivity index (χ1) is 7.42. The molecular formula is C12H25NO2S. The largest absolute Gasteiger partial charge is 0.316 e. The molecule has 0 aromatic rings. The van der Waals surface area contributed by atoms with Gasteiger partial charge in [-0.05, 0) is 38.1 Å². The lowest BCUT2D eigenvalue weighted by Crippen LogP contribution is -2.51. The lowest BCUT2D eigenvalue weighted by atomic mass is 9.80. The smallest absolute Gasteiger partial charge is 0.154 e. The Morgan fingerprint density at radius 3 is 2.38 bits per heavy atom. The Bertz CT molecular complexity index is 313. The van der Waals surface area contributed by atoms with E-state index in [0.29, 0.717) is 11.7 Å². The lowest BCUT2D eigenvalue weighted by molar-refractivity contribution is 0.249. The van der Waals surface area contributed by atoms with Crippen LogP contribution in [0, 0.1) is 11.8 Å². The van der Waals surface area contributed by atoms with Gasteiger partial charge in [0.1, 0.15) is 0 Å². The Balaban J connectivity index is 2.90. The van der Waals surface area contributed by atoms with E-state index in [1.165, 1.54) is 0 Å². The van der Waals surface area contributed by atoms with E-state index in [-0.39, 0.29) is 17.2 Å². The fourth-order valence-electron chi connectivity index (χ4n) is 3.14. The van der Waals surface area contributed by atoms with Crippen LogP contribution in [-0.2, 0) is 9.84 Å².